The van der Waals surface area contributed by atoms with E-state index in [4.69, 9.17) is 0 Å². The molecule has 2 aliphatic rings. The molecule has 2 aliphatic heterocycles. The number of anilines is 1. The van der Waals surface area contributed by atoms with Crippen LogP contribution in [0, 0.1) is 5.82 Å². The minimum Gasteiger partial charge on any atom is -0.385 e. The fraction of sp³-hybridized carbons (Fsp3) is 0.381. The van der Waals surface area contributed by atoms with Crippen LogP contribution in [-0.2, 0) is 16.8 Å². The van der Waals surface area contributed by atoms with Gasteiger partial charge in [-0.05, 0) is 48.6 Å². The number of nitrogens with zero attached hydrogens (tertiary/aromatic N) is 2. The van der Waals surface area contributed by atoms with Crippen molar-refractivity contribution >= 4 is 11.6 Å². The molecule has 1 fully saturated rings. The number of likely N-dealkylation sites (tertiary alicyclic amines) is 1. The number of hydrogen-bond acceptors (Lipinski definition) is 3. The molecular weight excluding hydrogens is 331 g/mol. The van der Waals surface area contributed by atoms with Crippen LogP contribution in [0.25, 0.3) is 0 Å². The molecule has 1 amide bonds. The molecule has 0 unspecified atom stereocenters. The number of piperidine rings is 1. The van der Waals surface area contributed by atoms with Gasteiger partial charge in [-0.2, -0.15) is 0 Å². The predicted octanol–water partition coefficient (Wildman–Crippen LogP) is 2.70. The molecule has 2 aromatic rings. The molecule has 26 heavy (non-hydrogen) atoms. The van der Waals surface area contributed by atoms with Crippen molar-refractivity contribution in [2.24, 2.45) is 0 Å². The molecule has 4 rings (SSSR count). The van der Waals surface area contributed by atoms with Gasteiger partial charge in [0.05, 0.1) is 12.1 Å². The Hall–Kier alpha value is -2.24. The van der Waals surface area contributed by atoms with E-state index in [0.717, 1.165) is 24.2 Å². The van der Waals surface area contributed by atoms with Gasteiger partial charge in [0.25, 0.3) is 0 Å². The van der Waals surface area contributed by atoms with E-state index in [1.54, 1.807) is 12.1 Å². The summed E-state index contributed by atoms with van der Waals surface area (Å²) >= 11 is 0. The second-order valence-corrected chi connectivity index (χ2v) is 7.24. The van der Waals surface area contributed by atoms with Crippen LogP contribution in [0.4, 0.5) is 10.1 Å². The van der Waals surface area contributed by atoms with Crippen LogP contribution >= 0.6 is 0 Å². The molecule has 0 aromatic heterocycles. The van der Waals surface area contributed by atoms with Crippen molar-refractivity contribution in [2.45, 2.75) is 24.9 Å². The lowest BCUT2D eigenvalue weighted by molar-refractivity contribution is -0.121. The third-order valence-corrected chi connectivity index (χ3v) is 5.61. The molecule has 0 radical (unpaired) electrons. The Morgan fingerprint density at radius 3 is 2.46 bits per heavy atom. The first-order valence-electron chi connectivity index (χ1n) is 9.14. The number of carbonyl (C=O) groups excluding carboxylic acids is 1. The number of aliphatic hydroxyl groups is 1. The maximum absolute atomic E-state index is 13.1. The van der Waals surface area contributed by atoms with Crippen molar-refractivity contribution < 1.29 is 14.3 Å². The van der Waals surface area contributed by atoms with Gasteiger partial charge < -0.3 is 10.0 Å². The Kier molecular flexibility index (Phi) is 4.51. The van der Waals surface area contributed by atoms with Gasteiger partial charge in [-0.1, -0.05) is 30.3 Å². The van der Waals surface area contributed by atoms with Crippen LogP contribution in [0.5, 0.6) is 0 Å². The molecule has 136 valence electrons. The van der Waals surface area contributed by atoms with Crippen LogP contribution in [-0.4, -0.2) is 42.1 Å². The first kappa shape index (κ1) is 17.2. The number of carbonyl (C=O) groups is 1. The average molecular weight is 354 g/mol. The highest BCUT2D eigenvalue weighted by atomic mass is 19.1. The maximum Gasteiger partial charge on any atom is 0.241 e. The van der Waals surface area contributed by atoms with Crippen molar-refractivity contribution in [3.8, 4) is 0 Å². The largest absolute Gasteiger partial charge is 0.385 e. The van der Waals surface area contributed by atoms with Crippen LogP contribution in [0.1, 0.15) is 24.0 Å². The van der Waals surface area contributed by atoms with E-state index in [1.807, 2.05) is 23.1 Å². The summed E-state index contributed by atoms with van der Waals surface area (Å²) in [6, 6.07) is 14.1. The van der Waals surface area contributed by atoms with Crippen LogP contribution in [0.15, 0.2) is 48.5 Å². The molecule has 1 N–H and O–H groups in total. The number of benzene rings is 2. The maximum atomic E-state index is 13.1. The van der Waals surface area contributed by atoms with Crippen molar-refractivity contribution in [1.29, 1.82) is 0 Å². The van der Waals surface area contributed by atoms with Gasteiger partial charge in [0.2, 0.25) is 5.91 Å². The van der Waals surface area contributed by atoms with Crippen molar-refractivity contribution in [1.82, 2.24) is 4.90 Å². The Morgan fingerprint density at radius 2 is 1.73 bits per heavy atom. The van der Waals surface area contributed by atoms with Gasteiger partial charge in [0.1, 0.15) is 5.82 Å². The number of hydrogen-bond donors (Lipinski definition) is 1. The van der Waals surface area contributed by atoms with E-state index in [2.05, 4.69) is 11.0 Å². The van der Waals surface area contributed by atoms with Gasteiger partial charge in [-0.15, -0.1) is 0 Å². The van der Waals surface area contributed by atoms with Gasteiger partial charge in [-0.3, -0.25) is 9.69 Å². The van der Waals surface area contributed by atoms with Crippen LogP contribution < -0.4 is 4.90 Å². The number of para-hydroxylation sites is 1. The molecule has 0 bridgehead atoms. The zero-order valence-electron chi connectivity index (χ0n) is 14.7. The summed E-state index contributed by atoms with van der Waals surface area (Å²) < 4.78 is 13.1. The van der Waals surface area contributed by atoms with E-state index >= 15 is 0 Å². The monoisotopic (exact) mass is 354 g/mol. The summed E-state index contributed by atoms with van der Waals surface area (Å²) in [6.45, 7) is 2.41. The summed E-state index contributed by atoms with van der Waals surface area (Å²) in [5, 5.41) is 10.9. The van der Waals surface area contributed by atoms with Crippen LogP contribution in [0.2, 0.25) is 0 Å². The second-order valence-electron chi connectivity index (χ2n) is 7.24. The summed E-state index contributed by atoms with van der Waals surface area (Å²) in [5.41, 5.74) is 2.06. The lowest BCUT2D eigenvalue weighted by Gasteiger charge is -2.38. The molecule has 2 heterocycles. The van der Waals surface area contributed by atoms with E-state index < -0.39 is 5.60 Å². The summed E-state index contributed by atoms with van der Waals surface area (Å²) in [5.74, 6) is -0.187. The highest BCUT2D eigenvalue weighted by molar-refractivity contribution is 5.96. The molecular formula is C21H23FN2O2. The molecule has 2 aromatic carbocycles. The van der Waals surface area contributed by atoms with E-state index in [9.17, 15) is 14.3 Å². The van der Waals surface area contributed by atoms with Crippen molar-refractivity contribution in [2.75, 3.05) is 31.1 Å². The lowest BCUT2D eigenvalue weighted by atomic mass is 9.84. The lowest BCUT2D eigenvalue weighted by Crippen LogP contribution is -2.47. The zero-order chi connectivity index (χ0) is 18.1. The molecule has 4 nitrogen and oxygen atoms in total. The van der Waals surface area contributed by atoms with Gasteiger partial charge in [0.15, 0.2) is 0 Å². The SMILES string of the molecule is O=C(CN1CCC(O)(c2ccc(F)cc2)CC1)N1CCc2ccccc21. The highest BCUT2D eigenvalue weighted by Gasteiger charge is 2.35. The Morgan fingerprint density at radius 1 is 1.04 bits per heavy atom. The Labute approximate surface area is 152 Å². The Balaban J connectivity index is 1.37. The zero-order valence-corrected chi connectivity index (χ0v) is 14.7. The van der Waals surface area contributed by atoms with E-state index in [0.29, 0.717) is 32.5 Å². The first-order chi connectivity index (χ1) is 12.5. The van der Waals surface area contributed by atoms with Gasteiger partial charge in [0, 0.05) is 25.3 Å². The summed E-state index contributed by atoms with van der Waals surface area (Å²) in [6.07, 6.45) is 2.00. The second kappa shape index (κ2) is 6.82. The third kappa shape index (κ3) is 3.24. The summed E-state index contributed by atoms with van der Waals surface area (Å²) in [4.78, 5) is 16.7. The number of halogens is 1. The van der Waals surface area contributed by atoms with E-state index in [1.165, 1.54) is 17.7 Å². The highest BCUT2D eigenvalue weighted by Crippen LogP contribution is 2.33. The third-order valence-electron chi connectivity index (χ3n) is 5.61. The molecule has 0 saturated carbocycles. The molecule has 0 atom stereocenters. The normalized spacial score (nSPS) is 19.4. The Bertz CT molecular complexity index is 798. The number of amides is 1. The fourth-order valence-corrected chi connectivity index (χ4v) is 4.00. The summed E-state index contributed by atoms with van der Waals surface area (Å²) in [7, 11) is 0. The van der Waals surface area contributed by atoms with Crippen molar-refractivity contribution in [3.63, 3.8) is 0 Å². The molecule has 5 heteroatoms. The number of fused-ring (bicyclic) bond motifs is 1. The quantitative estimate of drug-likeness (QED) is 0.922. The fourth-order valence-electron chi connectivity index (χ4n) is 4.00. The topological polar surface area (TPSA) is 43.8 Å². The smallest absolute Gasteiger partial charge is 0.241 e. The minimum atomic E-state index is -0.937. The van der Waals surface area contributed by atoms with Gasteiger partial charge >= 0.3 is 0 Å². The molecule has 0 aliphatic carbocycles. The van der Waals surface area contributed by atoms with Crippen LogP contribution in [0.3, 0.4) is 0 Å². The predicted molar refractivity (Wildman–Crippen MR) is 98.5 cm³/mol. The standard InChI is InChI=1S/C21H23FN2O2/c22-18-7-5-17(6-8-18)21(26)10-13-23(14-11-21)15-20(25)24-12-9-16-3-1-2-4-19(16)24/h1-8,26H,9-15H2. The number of rotatable bonds is 3. The van der Waals surface area contributed by atoms with E-state index in [-0.39, 0.29) is 11.7 Å². The van der Waals surface area contributed by atoms with Gasteiger partial charge in [-0.25, -0.2) is 4.39 Å². The van der Waals surface area contributed by atoms with Crippen molar-refractivity contribution in [3.05, 3.63) is 65.5 Å². The molecule has 0 spiro atoms. The average Bonchev–Trinajstić information content (AvgIpc) is 3.08. The minimum absolute atomic E-state index is 0.113. The first-order valence-corrected chi connectivity index (χ1v) is 9.14. The molecule has 1 saturated heterocycles.